The first-order chi connectivity index (χ1) is 9.58. The van der Waals surface area contributed by atoms with E-state index in [1.165, 1.54) is 0 Å². The van der Waals surface area contributed by atoms with Crippen molar-refractivity contribution in [2.24, 2.45) is 0 Å². The van der Waals surface area contributed by atoms with Crippen LogP contribution in [-0.4, -0.2) is 50.3 Å². The maximum atomic E-state index is 12.1. The van der Waals surface area contributed by atoms with Gasteiger partial charge in [-0.15, -0.1) is 0 Å². The van der Waals surface area contributed by atoms with Gasteiger partial charge in [0.15, 0.2) is 0 Å². The molecule has 0 aliphatic carbocycles. The molecule has 0 unspecified atom stereocenters. The van der Waals surface area contributed by atoms with Crippen LogP contribution in [0.15, 0.2) is 16.6 Å². The SMILES string of the molecule is Cc1c(N)cc(Br)cc1C(=O)OCCN1CCOCC1. The lowest BCUT2D eigenvalue weighted by Gasteiger charge is -2.26. The first-order valence-corrected chi connectivity index (χ1v) is 7.40. The standard InChI is InChI=1S/C14H19BrN2O3/c1-10-12(8-11(15)9-13(10)16)14(18)20-7-4-17-2-5-19-6-3-17/h8-9H,2-7,16H2,1H3. The fraction of sp³-hybridized carbons (Fsp3) is 0.500. The van der Waals surface area contributed by atoms with Crippen LogP contribution in [0.1, 0.15) is 15.9 Å². The summed E-state index contributed by atoms with van der Waals surface area (Å²) in [6.07, 6.45) is 0. The summed E-state index contributed by atoms with van der Waals surface area (Å²) in [5.41, 5.74) is 7.69. The van der Waals surface area contributed by atoms with Crippen molar-refractivity contribution in [3.05, 3.63) is 27.7 Å². The maximum Gasteiger partial charge on any atom is 0.338 e. The highest BCUT2D eigenvalue weighted by Gasteiger charge is 2.15. The van der Waals surface area contributed by atoms with Gasteiger partial charge in [-0.25, -0.2) is 4.79 Å². The van der Waals surface area contributed by atoms with Crippen molar-refractivity contribution < 1.29 is 14.3 Å². The zero-order valence-electron chi connectivity index (χ0n) is 11.5. The molecular weight excluding hydrogens is 324 g/mol. The van der Waals surface area contributed by atoms with Gasteiger partial charge in [0.1, 0.15) is 6.61 Å². The summed E-state index contributed by atoms with van der Waals surface area (Å²) in [6.45, 7) is 6.20. The lowest BCUT2D eigenvalue weighted by atomic mass is 10.1. The van der Waals surface area contributed by atoms with Crippen LogP contribution in [0.3, 0.4) is 0 Å². The molecule has 0 bridgehead atoms. The van der Waals surface area contributed by atoms with Crippen LogP contribution in [0, 0.1) is 6.92 Å². The molecule has 0 amide bonds. The van der Waals surface area contributed by atoms with E-state index in [1.54, 1.807) is 12.1 Å². The highest BCUT2D eigenvalue weighted by atomic mass is 79.9. The number of rotatable bonds is 4. The molecule has 0 radical (unpaired) electrons. The number of morpholine rings is 1. The topological polar surface area (TPSA) is 64.8 Å². The Morgan fingerprint density at radius 3 is 2.85 bits per heavy atom. The number of hydrogen-bond donors (Lipinski definition) is 1. The van der Waals surface area contributed by atoms with Crippen molar-refractivity contribution in [2.45, 2.75) is 6.92 Å². The van der Waals surface area contributed by atoms with E-state index in [0.717, 1.165) is 42.9 Å². The molecular formula is C14H19BrN2O3. The summed E-state index contributed by atoms with van der Waals surface area (Å²) >= 11 is 3.34. The number of hydrogen-bond acceptors (Lipinski definition) is 5. The van der Waals surface area contributed by atoms with Gasteiger partial charge in [0.25, 0.3) is 0 Å². The molecule has 0 aromatic heterocycles. The van der Waals surface area contributed by atoms with E-state index >= 15 is 0 Å². The molecule has 0 atom stereocenters. The van der Waals surface area contributed by atoms with Crippen LogP contribution in [0.25, 0.3) is 0 Å². The van der Waals surface area contributed by atoms with Crippen molar-refractivity contribution in [3.63, 3.8) is 0 Å². The van der Waals surface area contributed by atoms with Gasteiger partial charge in [0.05, 0.1) is 18.8 Å². The summed E-state index contributed by atoms with van der Waals surface area (Å²) in [4.78, 5) is 14.3. The lowest BCUT2D eigenvalue weighted by Crippen LogP contribution is -2.38. The first kappa shape index (κ1) is 15.3. The minimum Gasteiger partial charge on any atom is -0.461 e. The summed E-state index contributed by atoms with van der Waals surface area (Å²) in [5.74, 6) is -0.330. The molecule has 1 aromatic carbocycles. The van der Waals surface area contributed by atoms with Crippen molar-refractivity contribution in [1.82, 2.24) is 4.90 Å². The predicted molar refractivity (Wildman–Crippen MR) is 80.8 cm³/mol. The molecule has 1 heterocycles. The number of halogens is 1. The quantitative estimate of drug-likeness (QED) is 0.668. The number of benzene rings is 1. The highest BCUT2D eigenvalue weighted by Crippen LogP contribution is 2.23. The third-order valence-electron chi connectivity index (χ3n) is 3.38. The minimum atomic E-state index is -0.330. The molecule has 20 heavy (non-hydrogen) atoms. The number of carbonyl (C=O) groups is 1. The molecule has 5 nitrogen and oxygen atoms in total. The molecule has 1 fully saturated rings. The van der Waals surface area contributed by atoms with E-state index < -0.39 is 0 Å². The van der Waals surface area contributed by atoms with Crippen LogP contribution in [0.5, 0.6) is 0 Å². The molecule has 0 spiro atoms. The molecule has 6 heteroatoms. The molecule has 110 valence electrons. The number of nitrogens with two attached hydrogens (primary N) is 1. The number of nitrogen functional groups attached to an aromatic ring is 1. The Bertz CT molecular complexity index is 488. The van der Waals surface area contributed by atoms with Gasteiger partial charge in [-0.2, -0.15) is 0 Å². The van der Waals surface area contributed by atoms with E-state index in [4.69, 9.17) is 15.2 Å². The van der Waals surface area contributed by atoms with Crippen molar-refractivity contribution in [3.8, 4) is 0 Å². The zero-order chi connectivity index (χ0) is 14.5. The average molecular weight is 343 g/mol. The van der Waals surface area contributed by atoms with Crippen LogP contribution in [0.2, 0.25) is 0 Å². The lowest BCUT2D eigenvalue weighted by molar-refractivity contribution is 0.0195. The monoisotopic (exact) mass is 342 g/mol. The van der Waals surface area contributed by atoms with E-state index in [1.807, 2.05) is 6.92 Å². The Balaban J connectivity index is 1.88. The largest absolute Gasteiger partial charge is 0.461 e. The third-order valence-corrected chi connectivity index (χ3v) is 3.83. The average Bonchev–Trinajstić information content (AvgIpc) is 2.44. The Morgan fingerprint density at radius 2 is 2.15 bits per heavy atom. The van der Waals surface area contributed by atoms with Gasteiger partial charge >= 0.3 is 5.97 Å². The minimum absolute atomic E-state index is 0.330. The second-order valence-electron chi connectivity index (χ2n) is 4.76. The summed E-state index contributed by atoms with van der Waals surface area (Å²) < 4.78 is 11.4. The first-order valence-electron chi connectivity index (χ1n) is 6.61. The second kappa shape index (κ2) is 7.06. The molecule has 2 N–H and O–H groups in total. The van der Waals surface area contributed by atoms with Gasteiger partial charge in [0, 0.05) is 29.8 Å². The van der Waals surface area contributed by atoms with E-state index in [2.05, 4.69) is 20.8 Å². The van der Waals surface area contributed by atoms with Crippen molar-refractivity contribution >= 4 is 27.6 Å². The number of nitrogens with zero attached hydrogens (tertiary/aromatic N) is 1. The molecule has 0 saturated carbocycles. The molecule has 1 aromatic rings. The fourth-order valence-corrected chi connectivity index (χ4v) is 2.56. The van der Waals surface area contributed by atoms with E-state index in [-0.39, 0.29) is 5.97 Å². The Labute approximate surface area is 127 Å². The summed E-state index contributed by atoms with van der Waals surface area (Å²) in [6, 6.07) is 3.52. The summed E-state index contributed by atoms with van der Waals surface area (Å²) in [7, 11) is 0. The third kappa shape index (κ3) is 3.94. The fourth-order valence-electron chi connectivity index (χ4n) is 2.08. The summed E-state index contributed by atoms with van der Waals surface area (Å²) in [5, 5.41) is 0. The maximum absolute atomic E-state index is 12.1. The number of esters is 1. The molecule has 1 aliphatic rings. The van der Waals surface area contributed by atoms with Crippen LogP contribution < -0.4 is 5.73 Å². The molecule has 2 rings (SSSR count). The van der Waals surface area contributed by atoms with Crippen molar-refractivity contribution in [1.29, 1.82) is 0 Å². The second-order valence-corrected chi connectivity index (χ2v) is 5.67. The van der Waals surface area contributed by atoms with Crippen molar-refractivity contribution in [2.75, 3.05) is 45.2 Å². The van der Waals surface area contributed by atoms with Crippen LogP contribution in [0.4, 0.5) is 5.69 Å². The van der Waals surface area contributed by atoms with Crippen LogP contribution >= 0.6 is 15.9 Å². The van der Waals surface area contributed by atoms with Crippen LogP contribution in [-0.2, 0) is 9.47 Å². The van der Waals surface area contributed by atoms with Gasteiger partial charge in [-0.1, -0.05) is 15.9 Å². The molecule has 1 aliphatic heterocycles. The number of carbonyl (C=O) groups excluding carboxylic acids is 1. The highest BCUT2D eigenvalue weighted by molar-refractivity contribution is 9.10. The predicted octanol–water partition coefficient (Wildman–Crippen LogP) is 1.83. The Kier molecular flexibility index (Phi) is 5.39. The molecule has 1 saturated heterocycles. The Morgan fingerprint density at radius 1 is 1.45 bits per heavy atom. The number of anilines is 1. The Hall–Kier alpha value is -1.11. The van der Waals surface area contributed by atoms with Gasteiger partial charge in [0.2, 0.25) is 0 Å². The van der Waals surface area contributed by atoms with E-state index in [9.17, 15) is 4.79 Å². The number of ether oxygens (including phenoxy) is 2. The van der Waals surface area contributed by atoms with Gasteiger partial charge in [-0.05, 0) is 24.6 Å². The zero-order valence-corrected chi connectivity index (χ0v) is 13.1. The normalized spacial score (nSPS) is 16.1. The van der Waals surface area contributed by atoms with E-state index in [0.29, 0.717) is 17.9 Å². The van der Waals surface area contributed by atoms with Gasteiger partial charge < -0.3 is 15.2 Å². The smallest absolute Gasteiger partial charge is 0.338 e. The van der Waals surface area contributed by atoms with Gasteiger partial charge in [-0.3, -0.25) is 4.90 Å².